The van der Waals surface area contributed by atoms with Gasteiger partial charge in [-0.3, -0.25) is 0 Å². The molecule has 0 saturated heterocycles. The smallest absolute Gasteiger partial charge is 0.0172 e. The number of thioether (sulfide) groups is 1. The lowest BCUT2D eigenvalue weighted by atomic mass is 10.1. The Kier molecular flexibility index (Phi) is 5.97. The minimum atomic E-state index is 0.178. The molecule has 0 aromatic heterocycles. The van der Waals surface area contributed by atoms with E-state index >= 15 is 0 Å². The molecule has 1 rings (SSSR count). The third-order valence-electron chi connectivity index (χ3n) is 2.79. The molecule has 0 saturated carbocycles. The van der Waals surface area contributed by atoms with Crippen LogP contribution in [0.2, 0.25) is 0 Å². The average molecular weight is 263 g/mol. The molecule has 1 aromatic carbocycles. The van der Waals surface area contributed by atoms with Crippen LogP contribution in [0.4, 0.5) is 0 Å². The van der Waals surface area contributed by atoms with E-state index in [2.05, 4.69) is 69.6 Å². The van der Waals surface area contributed by atoms with Crippen molar-refractivity contribution < 1.29 is 0 Å². The van der Waals surface area contributed by atoms with E-state index in [0.717, 1.165) is 13.0 Å². The van der Waals surface area contributed by atoms with Crippen molar-refractivity contribution in [2.24, 2.45) is 0 Å². The van der Waals surface area contributed by atoms with Gasteiger partial charge in [-0.15, -0.1) is 11.8 Å². The van der Waals surface area contributed by atoms with E-state index in [1.165, 1.54) is 16.0 Å². The maximum Gasteiger partial charge on any atom is 0.0172 e. The highest BCUT2D eigenvalue weighted by Crippen LogP contribution is 2.17. The van der Waals surface area contributed by atoms with E-state index in [0.29, 0.717) is 0 Å². The van der Waals surface area contributed by atoms with Crippen molar-refractivity contribution in [1.29, 1.82) is 0 Å². The predicted molar refractivity (Wildman–Crippen MR) is 84.2 cm³/mol. The minimum Gasteiger partial charge on any atom is -0.308 e. The molecule has 2 heteroatoms. The lowest BCUT2D eigenvalue weighted by Crippen LogP contribution is -2.36. The van der Waals surface area contributed by atoms with Gasteiger partial charge in [0.05, 0.1) is 0 Å². The molecule has 0 bridgehead atoms. The topological polar surface area (TPSA) is 12.0 Å². The maximum absolute atomic E-state index is 3.54. The molecule has 0 atom stereocenters. The third-order valence-corrected chi connectivity index (χ3v) is 3.53. The van der Waals surface area contributed by atoms with E-state index in [4.69, 9.17) is 0 Å². The summed E-state index contributed by atoms with van der Waals surface area (Å²) in [6.45, 7) is 9.78. The zero-order valence-electron chi connectivity index (χ0n) is 12.2. The highest BCUT2D eigenvalue weighted by atomic mass is 32.2. The lowest BCUT2D eigenvalue weighted by Gasteiger charge is -2.21. The second-order valence-electron chi connectivity index (χ2n) is 5.53. The fourth-order valence-electron chi connectivity index (χ4n) is 1.59. The summed E-state index contributed by atoms with van der Waals surface area (Å²) >= 11 is 1.78. The summed E-state index contributed by atoms with van der Waals surface area (Å²) in [6, 6.07) is 8.75. The molecule has 1 N–H and O–H groups in total. The molecule has 0 fully saturated rings. The maximum atomic E-state index is 3.54. The van der Waals surface area contributed by atoms with Gasteiger partial charge < -0.3 is 5.32 Å². The van der Waals surface area contributed by atoms with Gasteiger partial charge in [-0.05, 0) is 51.1 Å². The molecule has 1 nitrogen and oxygen atoms in total. The molecule has 0 spiro atoms. The zero-order valence-corrected chi connectivity index (χ0v) is 13.0. The van der Waals surface area contributed by atoms with Crippen LogP contribution in [0.1, 0.15) is 39.7 Å². The van der Waals surface area contributed by atoms with E-state index < -0.39 is 0 Å². The van der Waals surface area contributed by atoms with Crippen LogP contribution in [0.5, 0.6) is 0 Å². The van der Waals surface area contributed by atoms with Gasteiger partial charge in [-0.1, -0.05) is 30.7 Å². The van der Waals surface area contributed by atoms with E-state index in [1.807, 2.05) is 0 Å². The second-order valence-corrected chi connectivity index (χ2v) is 6.41. The SMILES string of the molecule is CCC(=Cc1ccc(SC)cc1)CNC(C)(C)C. The Morgan fingerprint density at radius 2 is 1.83 bits per heavy atom. The summed E-state index contributed by atoms with van der Waals surface area (Å²) in [5, 5.41) is 3.54. The third kappa shape index (κ3) is 5.74. The minimum absolute atomic E-state index is 0.178. The van der Waals surface area contributed by atoms with Gasteiger partial charge in [0.1, 0.15) is 0 Å². The van der Waals surface area contributed by atoms with Gasteiger partial charge in [0.15, 0.2) is 0 Å². The molecule has 0 aliphatic carbocycles. The van der Waals surface area contributed by atoms with E-state index in [1.54, 1.807) is 11.8 Å². The van der Waals surface area contributed by atoms with Crippen molar-refractivity contribution in [3.63, 3.8) is 0 Å². The first-order valence-electron chi connectivity index (χ1n) is 6.53. The molecule has 0 aliphatic rings. The largest absolute Gasteiger partial charge is 0.308 e. The van der Waals surface area contributed by atoms with Crippen LogP contribution in [0.15, 0.2) is 34.7 Å². The van der Waals surface area contributed by atoms with Crippen LogP contribution in [-0.4, -0.2) is 18.3 Å². The van der Waals surface area contributed by atoms with Crippen LogP contribution in [0.25, 0.3) is 6.08 Å². The van der Waals surface area contributed by atoms with Crippen molar-refractivity contribution in [2.75, 3.05) is 12.8 Å². The molecule has 18 heavy (non-hydrogen) atoms. The van der Waals surface area contributed by atoms with Crippen LogP contribution >= 0.6 is 11.8 Å². The molecular formula is C16H25NS. The highest BCUT2D eigenvalue weighted by molar-refractivity contribution is 7.98. The molecule has 0 heterocycles. The number of hydrogen-bond donors (Lipinski definition) is 1. The Balaban J connectivity index is 2.70. The monoisotopic (exact) mass is 263 g/mol. The molecule has 1 aromatic rings. The number of benzene rings is 1. The first-order valence-corrected chi connectivity index (χ1v) is 7.75. The molecule has 0 amide bonds. The standard InChI is InChI=1S/C16H25NS/c1-6-13(12-17-16(2,3)4)11-14-7-9-15(18-5)10-8-14/h7-11,17H,6,12H2,1-5H3. The molecule has 0 radical (unpaired) electrons. The average Bonchev–Trinajstić information content (AvgIpc) is 2.34. The molecule has 0 aliphatic heterocycles. The van der Waals surface area contributed by atoms with Crippen LogP contribution in [0.3, 0.4) is 0 Å². The number of rotatable bonds is 5. The Morgan fingerprint density at radius 1 is 1.22 bits per heavy atom. The normalized spacial score (nSPS) is 12.8. The quantitative estimate of drug-likeness (QED) is 0.780. The summed E-state index contributed by atoms with van der Waals surface area (Å²) < 4.78 is 0. The van der Waals surface area contributed by atoms with Gasteiger partial charge in [-0.25, -0.2) is 0 Å². The predicted octanol–water partition coefficient (Wildman–Crippen LogP) is 4.59. The second kappa shape index (κ2) is 7.01. The van der Waals surface area contributed by atoms with Crippen molar-refractivity contribution in [1.82, 2.24) is 5.32 Å². The van der Waals surface area contributed by atoms with E-state index in [9.17, 15) is 0 Å². The van der Waals surface area contributed by atoms with Crippen molar-refractivity contribution >= 4 is 17.8 Å². The van der Waals surface area contributed by atoms with Gasteiger partial charge in [0, 0.05) is 17.0 Å². The fraction of sp³-hybridized carbons (Fsp3) is 0.500. The Morgan fingerprint density at radius 3 is 2.28 bits per heavy atom. The number of hydrogen-bond acceptors (Lipinski definition) is 2. The Bertz CT molecular complexity index is 385. The summed E-state index contributed by atoms with van der Waals surface area (Å²) in [6.07, 6.45) is 5.49. The van der Waals surface area contributed by atoms with Crippen LogP contribution < -0.4 is 5.32 Å². The Hall–Kier alpha value is -0.730. The van der Waals surface area contributed by atoms with Crippen molar-refractivity contribution in [3.05, 3.63) is 35.4 Å². The molecule has 100 valence electrons. The first-order chi connectivity index (χ1) is 8.44. The summed E-state index contributed by atoms with van der Waals surface area (Å²) in [5.74, 6) is 0. The summed E-state index contributed by atoms with van der Waals surface area (Å²) in [5.41, 5.74) is 2.92. The highest BCUT2D eigenvalue weighted by Gasteiger charge is 2.08. The van der Waals surface area contributed by atoms with Gasteiger partial charge in [-0.2, -0.15) is 0 Å². The lowest BCUT2D eigenvalue weighted by molar-refractivity contribution is 0.443. The van der Waals surface area contributed by atoms with Gasteiger partial charge in [0.2, 0.25) is 0 Å². The summed E-state index contributed by atoms with van der Waals surface area (Å²) in [7, 11) is 0. The zero-order chi connectivity index (χ0) is 13.6. The summed E-state index contributed by atoms with van der Waals surface area (Å²) in [4.78, 5) is 1.32. The van der Waals surface area contributed by atoms with Gasteiger partial charge >= 0.3 is 0 Å². The van der Waals surface area contributed by atoms with Crippen molar-refractivity contribution in [2.45, 2.75) is 44.6 Å². The van der Waals surface area contributed by atoms with Crippen LogP contribution in [0, 0.1) is 0 Å². The first kappa shape index (κ1) is 15.3. The van der Waals surface area contributed by atoms with Crippen LogP contribution in [-0.2, 0) is 0 Å². The fourth-order valence-corrected chi connectivity index (χ4v) is 2.00. The molecular weight excluding hydrogens is 238 g/mol. The number of nitrogens with one attached hydrogen (secondary N) is 1. The van der Waals surface area contributed by atoms with Crippen molar-refractivity contribution in [3.8, 4) is 0 Å². The van der Waals surface area contributed by atoms with E-state index in [-0.39, 0.29) is 5.54 Å². The van der Waals surface area contributed by atoms with Gasteiger partial charge in [0.25, 0.3) is 0 Å². The Labute approximate surface area is 116 Å². The molecule has 0 unspecified atom stereocenters.